The summed E-state index contributed by atoms with van der Waals surface area (Å²) in [5, 5.41) is 2.65. The predicted octanol–water partition coefficient (Wildman–Crippen LogP) is 5.89. The Balaban J connectivity index is 1.67. The van der Waals surface area contributed by atoms with E-state index in [0.717, 1.165) is 23.6 Å². The number of benzene rings is 3. The van der Waals surface area contributed by atoms with Crippen LogP contribution in [0.1, 0.15) is 5.56 Å². The van der Waals surface area contributed by atoms with Gasteiger partial charge in [0.2, 0.25) is 0 Å². The SMILES string of the molecule is c1ccc(-c2nccc(-n3c4ccccc4c4c5c(ccc43)CCS5)n2)cc1. The van der Waals surface area contributed by atoms with Crippen molar-refractivity contribution in [3.05, 3.63) is 84.6 Å². The Labute approximate surface area is 167 Å². The molecule has 6 rings (SSSR count). The second kappa shape index (κ2) is 6.21. The van der Waals surface area contributed by atoms with Gasteiger partial charge in [-0.15, -0.1) is 11.8 Å². The highest BCUT2D eigenvalue weighted by Gasteiger charge is 2.21. The summed E-state index contributed by atoms with van der Waals surface area (Å²) in [6.07, 6.45) is 3.01. The van der Waals surface area contributed by atoms with Gasteiger partial charge in [0.25, 0.3) is 0 Å². The number of hydrogen-bond donors (Lipinski definition) is 0. The van der Waals surface area contributed by atoms with E-state index in [1.54, 1.807) is 0 Å². The van der Waals surface area contributed by atoms with Crippen molar-refractivity contribution in [3.63, 3.8) is 0 Å². The van der Waals surface area contributed by atoms with Crippen LogP contribution in [0.2, 0.25) is 0 Å². The third-order valence-electron chi connectivity index (χ3n) is 5.39. The Morgan fingerprint density at radius 2 is 1.68 bits per heavy atom. The van der Waals surface area contributed by atoms with Gasteiger partial charge in [-0.1, -0.05) is 54.6 Å². The van der Waals surface area contributed by atoms with Crippen molar-refractivity contribution in [2.75, 3.05) is 5.75 Å². The molecule has 0 atom stereocenters. The maximum atomic E-state index is 4.92. The molecule has 5 aromatic rings. The molecule has 0 fully saturated rings. The number of fused-ring (bicyclic) bond motifs is 5. The number of nitrogens with zero attached hydrogens (tertiary/aromatic N) is 3. The van der Waals surface area contributed by atoms with Gasteiger partial charge in [-0.25, -0.2) is 9.97 Å². The molecule has 0 N–H and O–H groups in total. The van der Waals surface area contributed by atoms with Gasteiger partial charge in [-0.3, -0.25) is 4.57 Å². The number of aryl methyl sites for hydroxylation is 1. The molecule has 4 heteroatoms. The van der Waals surface area contributed by atoms with Gasteiger partial charge in [0.05, 0.1) is 11.0 Å². The first-order valence-corrected chi connectivity index (χ1v) is 10.5. The quantitative estimate of drug-likeness (QED) is 0.383. The van der Waals surface area contributed by atoms with Crippen LogP contribution in [0.3, 0.4) is 0 Å². The highest BCUT2D eigenvalue weighted by Crippen LogP contribution is 2.42. The van der Waals surface area contributed by atoms with Crippen molar-refractivity contribution < 1.29 is 0 Å². The first-order chi connectivity index (χ1) is 13.9. The second-order valence-electron chi connectivity index (χ2n) is 7.00. The molecule has 3 nitrogen and oxygen atoms in total. The van der Waals surface area contributed by atoms with Gasteiger partial charge in [0, 0.05) is 33.2 Å². The van der Waals surface area contributed by atoms with Crippen LogP contribution in [0.15, 0.2) is 83.9 Å². The molecule has 0 amide bonds. The van der Waals surface area contributed by atoms with Crippen molar-refractivity contribution >= 4 is 33.6 Å². The highest BCUT2D eigenvalue weighted by atomic mass is 32.2. The van der Waals surface area contributed by atoms with Crippen LogP contribution < -0.4 is 0 Å². The van der Waals surface area contributed by atoms with Crippen molar-refractivity contribution in [1.82, 2.24) is 14.5 Å². The fraction of sp³-hybridized carbons (Fsp3) is 0.0833. The Morgan fingerprint density at radius 3 is 2.61 bits per heavy atom. The van der Waals surface area contributed by atoms with Gasteiger partial charge in [-0.2, -0.15) is 0 Å². The summed E-state index contributed by atoms with van der Waals surface area (Å²) in [7, 11) is 0. The Bertz CT molecular complexity index is 1340. The largest absolute Gasteiger partial charge is 0.294 e. The van der Waals surface area contributed by atoms with Gasteiger partial charge in [0.1, 0.15) is 5.82 Å². The monoisotopic (exact) mass is 379 g/mol. The van der Waals surface area contributed by atoms with E-state index in [1.807, 2.05) is 42.2 Å². The Kier molecular flexibility index (Phi) is 3.53. The minimum Gasteiger partial charge on any atom is -0.294 e. The Morgan fingerprint density at radius 1 is 0.821 bits per heavy atom. The Hall–Kier alpha value is -3.11. The molecule has 2 aromatic heterocycles. The molecular weight excluding hydrogens is 362 g/mol. The molecule has 0 unspecified atom stereocenters. The lowest BCUT2D eigenvalue weighted by atomic mass is 10.1. The van der Waals surface area contributed by atoms with Crippen molar-refractivity contribution in [2.24, 2.45) is 0 Å². The van der Waals surface area contributed by atoms with E-state index in [1.165, 1.54) is 38.0 Å². The summed E-state index contributed by atoms with van der Waals surface area (Å²) in [6, 6.07) is 25.3. The molecule has 0 aliphatic carbocycles. The molecule has 0 saturated heterocycles. The molecule has 28 heavy (non-hydrogen) atoms. The average Bonchev–Trinajstić information content (AvgIpc) is 3.36. The zero-order valence-electron chi connectivity index (χ0n) is 15.2. The first kappa shape index (κ1) is 15.9. The number of para-hydroxylation sites is 1. The minimum atomic E-state index is 0.750. The molecule has 0 bridgehead atoms. The number of rotatable bonds is 2. The van der Waals surface area contributed by atoms with E-state index >= 15 is 0 Å². The van der Waals surface area contributed by atoms with Crippen LogP contribution >= 0.6 is 11.8 Å². The summed E-state index contributed by atoms with van der Waals surface area (Å²) in [5.74, 6) is 2.82. The summed E-state index contributed by atoms with van der Waals surface area (Å²) < 4.78 is 2.28. The van der Waals surface area contributed by atoms with Gasteiger partial charge < -0.3 is 0 Å². The van der Waals surface area contributed by atoms with E-state index in [-0.39, 0.29) is 0 Å². The zero-order chi connectivity index (χ0) is 18.5. The lowest BCUT2D eigenvalue weighted by molar-refractivity contribution is 1.04. The molecule has 3 aromatic carbocycles. The van der Waals surface area contributed by atoms with Crippen molar-refractivity contribution in [2.45, 2.75) is 11.3 Å². The first-order valence-electron chi connectivity index (χ1n) is 9.47. The zero-order valence-corrected chi connectivity index (χ0v) is 16.0. The minimum absolute atomic E-state index is 0.750. The smallest absolute Gasteiger partial charge is 0.161 e. The molecule has 0 radical (unpaired) electrons. The maximum absolute atomic E-state index is 4.92. The van der Waals surface area contributed by atoms with E-state index in [2.05, 4.69) is 58.1 Å². The molecular formula is C24H17N3S. The number of thioether (sulfide) groups is 1. The van der Waals surface area contributed by atoms with Crippen molar-refractivity contribution in [3.8, 4) is 17.2 Å². The second-order valence-corrected chi connectivity index (χ2v) is 8.11. The summed E-state index contributed by atoms with van der Waals surface area (Å²) in [4.78, 5) is 10.9. The summed E-state index contributed by atoms with van der Waals surface area (Å²) in [5.41, 5.74) is 4.90. The van der Waals surface area contributed by atoms with Crippen molar-refractivity contribution in [1.29, 1.82) is 0 Å². The van der Waals surface area contributed by atoms with E-state index < -0.39 is 0 Å². The topological polar surface area (TPSA) is 30.7 Å². The van der Waals surface area contributed by atoms with E-state index in [4.69, 9.17) is 4.98 Å². The maximum Gasteiger partial charge on any atom is 0.161 e. The van der Waals surface area contributed by atoms with Gasteiger partial charge in [0.15, 0.2) is 5.82 Å². The lowest BCUT2D eigenvalue weighted by Crippen LogP contribution is -2.00. The fourth-order valence-corrected chi connectivity index (χ4v) is 5.38. The number of hydrogen-bond acceptors (Lipinski definition) is 3. The van der Waals surface area contributed by atoms with Gasteiger partial charge in [-0.05, 0) is 30.2 Å². The molecule has 1 aliphatic rings. The molecule has 3 heterocycles. The van der Waals surface area contributed by atoms with Crippen LogP contribution in [0.4, 0.5) is 0 Å². The fourth-order valence-electron chi connectivity index (χ4n) is 4.14. The lowest BCUT2D eigenvalue weighted by Gasteiger charge is -2.09. The highest BCUT2D eigenvalue weighted by molar-refractivity contribution is 7.99. The summed E-state index contributed by atoms with van der Waals surface area (Å²) >= 11 is 1.97. The third kappa shape index (κ3) is 2.31. The van der Waals surface area contributed by atoms with Gasteiger partial charge >= 0.3 is 0 Å². The van der Waals surface area contributed by atoms with Crippen LogP contribution in [-0.4, -0.2) is 20.3 Å². The standard InChI is InChI=1S/C24H17N3S/c1-2-6-17(7-3-1)24-25-14-12-21(26-24)27-19-9-5-4-8-18(19)22-20(27)11-10-16-13-15-28-23(16)22/h1-12,14H,13,15H2. The van der Waals surface area contributed by atoms with E-state index in [0.29, 0.717) is 0 Å². The molecule has 1 aliphatic heterocycles. The van der Waals surface area contributed by atoms with Crippen LogP contribution in [-0.2, 0) is 6.42 Å². The third-order valence-corrected chi connectivity index (χ3v) is 6.56. The summed E-state index contributed by atoms with van der Waals surface area (Å²) in [6.45, 7) is 0. The molecule has 0 saturated carbocycles. The van der Waals surface area contributed by atoms with Crippen LogP contribution in [0, 0.1) is 0 Å². The van der Waals surface area contributed by atoms with Crippen LogP contribution in [0.25, 0.3) is 39.0 Å². The predicted molar refractivity (Wildman–Crippen MR) is 116 cm³/mol. The molecule has 134 valence electrons. The average molecular weight is 379 g/mol. The normalized spacial score (nSPS) is 13.3. The number of aromatic nitrogens is 3. The van der Waals surface area contributed by atoms with E-state index in [9.17, 15) is 0 Å². The van der Waals surface area contributed by atoms with Crippen LogP contribution in [0.5, 0.6) is 0 Å². The molecule has 0 spiro atoms.